The van der Waals surface area contributed by atoms with E-state index in [4.69, 9.17) is 16.3 Å². The second-order valence-electron chi connectivity index (χ2n) is 6.07. The van der Waals surface area contributed by atoms with Crippen molar-refractivity contribution in [1.29, 1.82) is 0 Å². The topological polar surface area (TPSA) is 75.7 Å². The van der Waals surface area contributed by atoms with Crippen LogP contribution in [0.2, 0.25) is 5.02 Å². The van der Waals surface area contributed by atoms with Gasteiger partial charge in [0.25, 0.3) is 0 Å². The molecule has 2 aromatic carbocycles. The third-order valence-corrected chi connectivity index (χ3v) is 6.29. The SMILES string of the molecule is CCN(CC(=O)Nc1ccc(Cl)cc1C)S(=O)(=O)c1ccc(OC)c(C)c1. The third-order valence-electron chi connectivity index (χ3n) is 4.14. The Morgan fingerprint density at radius 2 is 1.85 bits per heavy atom. The molecular weight excluding hydrogens is 388 g/mol. The molecule has 2 rings (SSSR count). The summed E-state index contributed by atoms with van der Waals surface area (Å²) in [6.45, 7) is 5.15. The van der Waals surface area contributed by atoms with Crippen molar-refractivity contribution in [3.8, 4) is 5.75 Å². The molecule has 0 aliphatic rings. The van der Waals surface area contributed by atoms with Gasteiger partial charge in [-0.05, 0) is 61.4 Å². The Hall–Kier alpha value is -2.09. The number of amides is 1. The Balaban J connectivity index is 2.19. The molecule has 0 fully saturated rings. The molecule has 0 aromatic heterocycles. The number of benzene rings is 2. The summed E-state index contributed by atoms with van der Waals surface area (Å²) in [6.07, 6.45) is 0. The highest BCUT2D eigenvalue weighted by atomic mass is 35.5. The molecule has 8 heteroatoms. The maximum absolute atomic E-state index is 12.9. The number of ether oxygens (including phenoxy) is 1. The van der Waals surface area contributed by atoms with Crippen LogP contribution in [-0.2, 0) is 14.8 Å². The van der Waals surface area contributed by atoms with Gasteiger partial charge in [-0.2, -0.15) is 4.31 Å². The molecule has 1 N–H and O–H groups in total. The fourth-order valence-electron chi connectivity index (χ4n) is 2.64. The van der Waals surface area contributed by atoms with Gasteiger partial charge in [0.15, 0.2) is 0 Å². The van der Waals surface area contributed by atoms with Crippen LogP contribution in [-0.4, -0.2) is 38.8 Å². The Labute approximate surface area is 165 Å². The molecule has 2 aromatic rings. The fourth-order valence-corrected chi connectivity index (χ4v) is 4.36. The van der Waals surface area contributed by atoms with E-state index in [-0.39, 0.29) is 18.0 Å². The second-order valence-corrected chi connectivity index (χ2v) is 8.44. The number of hydrogen-bond donors (Lipinski definition) is 1. The van der Waals surface area contributed by atoms with Gasteiger partial charge in [-0.1, -0.05) is 18.5 Å². The highest BCUT2D eigenvalue weighted by Gasteiger charge is 2.26. The number of rotatable bonds is 7. The van der Waals surface area contributed by atoms with E-state index in [9.17, 15) is 13.2 Å². The normalized spacial score (nSPS) is 11.5. The summed E-state index contributed by atoms with van der Waals surface area (Å²) in [5.74, 6) is 0.184. The lowest BCUT2D eigenvalue weighted by Crippen LogP contribution is -2.38. The molecule has 1 amide bonds. The minimum absolute atomic E-state index is 0.123. The van der Waals surface area contributed by atoms with Gasteiger partial charge in [0.05, 0.1) is 18.6 Å². The van der Waals surface area contributed by atoms with Crippen molar-refractivity contribution in [3.05, 3.63) is 52.5 Å². The lowest BCUT2D eigenvalue weighted by atomic mass is 10.2. The number of methoxy groups -OCH3 is 1. The maximum atomic E-state index is 12.9. The van der Waals surface area contributed by atoms with E-state index >= 15 is 0 Å². The Kier molecular flexibility index (Phi) is 6.86. The number of carbonyl (C=O) groups is 1. The molecule has 146 valence electrons. The van der Waals surface area contributed by atoms with Crippen LogP contribution in [0.1, 0.15) is 18.1 Å². The van der Waals surface area contributed by atoms with Crippen LogP contribution in [0.5, 0.6) is 5.75 Å². The standard InChI is InChI=1S/C19H23ClN2O4S/c1-5-22(12-19(23)21-17-8-6-15(20)10-13(17)2)27(24,25)16-7-9-18(26-4)14(3)11-16/h6-11H,5,12H2,1-4H3,(H,21,23). The largest absolute Gasteiger partial charge is 0.496 e. The summed E-state index contributed by atoms with van der Waals surface area (Å²) in [4.78, 5) is 12.5. The van der Waals surface area contributed by atoms with Gasteiger partial charge in [0.2, 0.25) is 15.9 Å². The van der Waals surface area contributed by atoms with Gasteiger partial charge in [-0.25, -0.2) is 8.42 Å². The summed E-state index contributed by atoms with van der Waals surface area (Å²) in [6, 6.07) is 9.70. The second kappa shape index (κ2) is 8.73. The van der Waals surface area contributed by atoms with Gasteiger partial charge in [0.1, 0.15) is 5.75 Å². The van der Waals surface area contributed by atoms with E-state index in [1.165, 1.54) is 19.2 Å². The number of aryl methyl sites for hydroxylation is 2. The summed E-state index contributed by atoms with van der Waals surface area (Å²) >= 11 is 5.91. The molecule has 27 heavy (non-hydrogen) atoms. The first kappa shape index (κ1) is 21.2. The molecule has 6 nitrogen and oxygen atoms in total. The molecule has 0 aliphatic carbocycles. The number of nitrogens with zero attached hydrogens (tertiary/aromatic N) is 1. The predicted molar refractivity (Wildman–Crippen MR) is 107 cm³/mol. The minimum atomic E-state index is -3.81. The molecule has 0 saturated heterocycles. The van der Waals surface area contributed by atoms with Crippen LogP contribution in [0, 0.1) is 13.8 Å². The maximum Gasteiger partial charge on any atom is 0.243 e. The van der Waals surface area contributed by atoms with Crippen LogP contribution >= 0.6 is 11.6 Å². The number of likely N-dealkylation sites (N-methyl/N-ethyl adjacent to an activating group) is 1. The van der Waals surface area contributed by atoms with E-state index in [0.717, 1.165) is 9.87 Å². The van der Waals surface area contributed by atoms with Crippen LogP contribution in [0.3, 0.4) is 0 Å². The quantitative estimate of drug-likeness (QED) is 0.756. The van der Waals surface area contributed by atoms with Gasteiger partial charge in [-0.15, -0.1) is 0 Å². The average Bonchev–Trinajstić information content (AvgIpc) is 2.61. The highest BCUT2D eigenvalue weighted by Crippen LogP contribution is 2.24. The summed E-state index contributed by atoms with van der Waals surface area (Å²) in [5, 5.41) is 3.30. The number of hydrogen-bond acceptors (Lipinski definition) is 4. The van der Waals surface area contributed by atoms with Gasteiger partial charge in [-0.3, -0.25) is 4.79 Å². The number of nitrogens with one attached hydrogen (secondary N) is 1. The zero-order chi connectivity index (χ0) is 20.2. The molecule has 0 aliphatic heterocycles. The average molecular weight is 411 g/mol. The summed E-state index contributed by atoms with van der Waals surface area (Å²) in [7, 11) is -2.28. The Morgan fingerprint density at radius 3 is 2.41 bits per heavy atom. The van der Waals surface area contributed by atoms with Crippen molar-refractivity contribution < 1.29 is 17.9 Å². The Bertz CT molecular complexity index is 945. The zero-order valence-corrected chi connectivity index (χ0v) is 17.3. The Morgan fingerprint density at radius 1 is 1.15 bits per heavy atom. The van der Waals surface area contributed by atoms with Crippen LogP contribution in [0.4, 0.5) is 5.69 Å². The van der Waals surface area contributed by atoms with Crippen molar-refractivity contribution in [2.75, 3.05) is 25.5 Å². The molecule has 0 atom stereocenters. The molecule has 0 radical (unpaired) electrons. The molecule has 0 heterocycles. The van der Waals surface area contributed by atoms with Crippen molar-refractivity contribution in [2.24, 2.45) is 0 Å². The molecule has 0 bridgehead atoms. The monoisotopic (exact) mass is 410 g/mol. The summed E-state index contributed by atoms with van der Waals surface area (Å²) in [5.41, 5.74) is 2.10. The fraction of sp³-hybridized carbons (Fsp3) is 0.316. The smallest absolute Gasteiger partial charge is 0.243 e. The third kappa shape index (κ3) is 5.00. The van der Waals surface area contributed by atoms with E-state index in [1.54, 1.807) is 38.1 Å². The minimum Gasteiger partial charge on any atom is -0.496 e. The van der Waals surface area contributed by atoms with Gasteiger partial charge >= 0.3 is 0 Å². The first-order valence-electron chi connectivity index (χ1n) is 8.39. The van der Waals surface area contributed by atoms with Gasteiger partial charge < -0.3 is 10.1 Å². The first-order chi connectivity index (χ1) is 12.7. The molecule has 0 spiro atoms. The van der Waals surface area contributed by atoms with Crippen molar-refractivity contribution in [2.45, 2.75) is 25.7 Å². The molecule has 0 unspecified atom stereocenters. The van der Waals surface area contributed by atoms with Crippen molar-refractivity contribution in [3.63, 3.8) is 0 Å². The molecule has 0 saturated carbocycles. The van der Waals surface area contributed by atoms with Crippen LogP contribution in [0.15, 0.2) is 41.3 Å². The zero-order valence-electron chi connectivity index (χ0n) is 15.7. The summed E-state index contributed by atoms with van der Waals surface area (Å²) < 4.78 is 32.1. The van der Waals surface area contributed by atoms with Crippen LogP contribution in [0.25, 0.3) is 0 Å². The predicted octanol–water partition coefficient (Wildman–Crippen LogP) is 3.61. The number of halogens is 1. The lowest BCUT2D eigenvalue weighted by Gasteiger charge is -2.21. The van der Waals surface area contributed by atoms with Crippen LogP contribution < -0.4 is 10.1 Å². The van der Waals surface area contributed by atoms with Crippen molar-refractivity contribution in [1.82, 2.24) is 4.31 Å². The van der Waals surface area contributed by atoms with E-state index in [2.05, 4.69) is 5.32 Å². The van der Waals surface area contributed by atoms with Gasteiger partial charge in [0, 0.05) is 17.3 Å². The molecular formula is C19H23ClN2O4S. The van der Waals surface area contributed by atoms with Crippen molar-refractivity contribution >= 4 is 33.2 Å². The van der Waals surface area contributed by atoms with E-state index in [1.807, 2.05) is 6.92 Å². The van der Waals surface area contributed by atoms with E-state index < -0.39 is 15.9 Å². The first-order valence-corrected chi connectivity index (χ1v) is 10.2. The number of anilines is 1. The van der Waals surface area contributed by atoms with E-state index in [0.29, 0.717) is 22.0 Å². The lowest BCUT2D eigenvalue weighted by molar-refractivity contribution is -0.116. The number of carbonyl (C=O) groups excluding carboxylic acids is 1. The highest BCUT2D eigenvalue weighted by molar-refractivity contribution is 7.89. The number of sulfonamides is 1.